The van der Waals surface area contributed by atoms with Gasteiger partial charge in [-0.05, 0) is 42.2 Å². The minimum Gasteiger partial charge on any atom is -0.508 e. The lowest BCUT2D eigenvalue weighted by molar-refractivity contribution is 0.174. The average Bonchev–Trinajstić information content (AvgIpc) is 3.09. The molecule has 3 aromatic rings. The second-order valence-corrected chi connectivity index (χ2v) is 6.38. The zero-order valence-electron chi connectivity index (χ0n) is 14.8. The number of ether oxygens (including phenoxy) is 2. The number of aromatic hydroxyl groups is 1. The van der Waals surface area contributed by atoms with Crippen LogP contribution in [0.5, 0.6) is 17.2 Å². The van der Waals surface area contributed by atoms with Crippen LogP contribution in [0.15, 0.2) is 39.5 Å². The summed E-state index contributed by atoms with van der Waals surface area (Å²) in [5.74, 6) is 2.08. The fraction of sp³-hybridized carbons (Fsp3) is 0.286. The van der Waals surface area contributed by atoms with Gasteiger partial charge in [0, 0.05) is 12.5 Å². The molecule has 2 heterocycles. The Bertz CT molecular complexity index is 1050. The summed E-state index contributed by atoms with van der Waals surface area (Å²) in [4.78, 5) is 13.3. The van der Waals surface area contributed by atoms with E-state index in [1.54, 1.807) is 6.07 Å². The number of benzene rings is 2. The minimum atomic E-state index is -0.0942. The third-order valence-electron chi connectivity index (χ3n) is 4.68. The van der Waals surface area contributed by atoms with Crippen LogP contribution in [0.3, 0.4) is 0 Å². The van der Waals surface area contributed by atoms with Crippen molar-refractivity contribution in [1.82, 2.24) is 0 Å². The van der Waals surface area contributed by atoms with Gasteiger partial charge >= 0.3 is 0 Å². The van der Waals surface area contributed by atoms with Crippen molar-refractivity contribution in [2.45, 2.75) is 33.1 Å². The summed E-state index contributed by atoms with van der Waals surface area (Å²) < 4.78 is 16.8. The van der Waals surface area contributed by atoms with E-state index in [2.05, 4.69) is 0 Å². The largest absolute Gasteiger partial charge is 0.508 e. The molecular weight excluding hydrogens is 332 g/mol. The summed E-state index contributed by atoms with van der Waals surface area (Å²) in [6, 6.07) is 8.75. The van der Waals surface area contributed by atoms with Gasteiger partial charge in [-0.25, -0.2) is 0 Å². The molecule has 1 aliphatic heterocycles. The molecule has 0 unspecified atom stereocenters. The molecule has 0 saturated heterocycles. The molecule has 5 heteroatoms. The monoisotopic (exact) mass is 352 g/mol. The predicted octanol–water partition coefficient (Wildman–Crippen LogP) is 4.41. The highest BCUT2D eigenvalue weighted by atomic mass is 16.7. The van der Waals surface area contributed by atoms with Gasteiger partial charge in [-0.2, -0.15) is 0 Å². The molecule has 134 valence electrons. The Kier molecular flexibility index (Phi) is 4.07. The normalized spacial score (nSPS) is 12.7. The van der Waals surface area contributed by atoms with E-state index in [1.807, 2.05) is 32.0 Å². The molecule has 0 amide bonds. The summed E-state index contributed by atoms with van der Waals surface area (Å²) >= 11 is 0. The van der Waals surface area contributed by atoms with Gasteiger partial charge in [0.2, 0.25) is 12.2 Å². The molecule has 5 nitrogen and oxygen atoms in total. The lowest BCUT2D eigenvalue weighted by Crippen LogP contribution is -2.09. The van der Waals surface area contributed by atoms with E-state index in [-0.39, 0.29) is 18.0 Å². The van der Waals surface area contributed by atoms with Crippen molar-refractivity contribution in [3.8, 4) is 28.4 Å². The highest BCUT2D eigenvalue weighted by molar-refractivity contribution is 5.85. The van der Waals surface area contributed by atoms with Gasteiger partial charge in [-0.15, -0.1) is 0 Å². The third kappa shape index (κ3) is 2.60. The fourth-order valence-electron chi connectivity index (χ4n) is 3.35. The van der Waals surface area contributed by atoms with E-state index < -0.39 is 0 Å². The van der Waals surface area contributed by atoms with E-state index in [4.69, 9.17) is 13.9 Å². The maximum atomic E-state index is 13.3. The van der Waals surface area contributed by atoms with Gasteiger partial charge in [0.25, 0.3) is 0 Å². The molecule has 0 atom stereocenters. The molecular formula is C21H20O5. The van der Waals surface area contributed by atoms with Crippen molar-refractivity contribution in [3.05, 3.63) is 51.9 Å². The van der Waals surface area contributed by atoms with Gasteiger partial charge < -0.3 is 19.0 Å². The number of fused-ring (bicyclic) bond motifs is 2. The highest BCUT2D eigenvalue weighted by Crippen LogP contribution is 2.37. The second-order valence-electron chi connectivity index (χ2n) is 6.38. The van der Waals surface area contributed by atoms with E-state index in [0.717, 1.165) is 17.5 Å². The van der Waals surface area contributed by atoms with Crippen molar-refractivity contribution >= 4 is 11.0 Å². The summed E-state index contributed by atoms with van der Waals surface area (Å²) in [5.41, 5.74) is 2.34. The molecule has 0 fully saturated rings. The van der Waals surface area contributed by atoms with E-state index >= 15 is 0 Å². The zero-order valence-corrected chi connectivity index (χ0v) is 14.8. The average molecular weight is 352 g/mol. The van der Waals surface area contributed by atoms with Crippen molar-refractivity contribution in [3.63, 3.8) is 0 Å². The summed E-state index contributed by atoms with van der Waals surface area (Å²) in [7, 11) is 0. The Morgan fingerprint density at radius 1 is 1.08 bits per heavy atom. The first-order valence-corrected chi connectivity index (χ1v) is 8.84. The molecule has 0 radical (unpaired) electrons. The van der Waals surface area contributed by atoms with E-state index in [1.165, 1.54) is 6.07 Å². The second kappa shape index (κ2) is 6.41. The molecule has 0 bridgehead atoms. The molecule has 0 spiro atoms. The SMILES string of the molecule is CCCc1oc2cc(O)c(CC)cc2c(=O)c1-c1ccc2c(c1)OCO2. The van der Waals surface area contributed by atoms with Crippen LogP contribution in [0.2, 0.25) is 0 Å². The van der Waals surface area contributed by atoms with Crippen LogP contribution in [0.1, 0.15) is 31.6 Å². The first-order valence-electron chi connectivity index (χ1n) is 8.84. The highest BCUT2D eigenvalue weighted by Gasteiger charge is 2.20. The maximum absolute atomic E-state index is 13.3. The van der Waals surface area contributed by atoms with Crippen molar-refractivity contribution in [1.29, 1.82) is 0 Å². The molecule has 1 N–H and O–H groups in total. The van der Waals surface area contributed by atoms with Gasteiger partial charge in [0.1, 0.15) is 17.1 Å². The van der Waals surface area contributed by atoms with Gasteiger partial charge in [0.15, 0.2) is 11.5 Å². The number of phenols is 1. The Balaban J connectivity index is 2.00. The molecule has 1 aromatic heterocycles. The number of rotatable bonds is 4. The number of aryl methyl sites for hydroxylation is 2. The van der Waals surface area contributed by atoms with Gasteiger partial charge in [-0.1, -0.05) is 19.9 Å². The van der Waals surface area contributed by atoms with Crippen LogP contribution in [0.4, 0.5) is 0 Å². The standard InChI is InChI=1S/C21H20O5/c1-3-5-17-20(13-6-7-16-19(9-13)25-11-24-16)21(23)14-8-12(4-2)15(22)10-18(14)26-17/h6-10,22H,3-5,11H2,1-2H3. The Hall–Kier alpha value is -2.95. The molecule has 4 rings (SSSR count). The van der Waals surface area contributed by atoms with Crippen molar-refractivity contribution in [2.24, 2.45) is 0 Å². The number of phenolic OH excluding ortho intramolecular Hbond substituents is 1. The molecule has 0 aliphatic carbocycles. The number of hydrogen-bond acceptors (Lipinski definition) is 5. The van der Waals surface area contributed by atoms with Crippen LogP contribution < -0.4 is 14.9 Å². The zero-order chi connectivity index (χ0) is 18.3. The summed E-state index contributed by atoms with van der Waals surface area (Å²) in [5, 5.41) is 10.6. The van der Waals surface area contributed by atoms with Crippen LogP contribution in [0, 0.1) is 0 Å². The predicted molar refractivity (Wildman–Crippen MR) is 99.1 cm³/mol. The van der Waals surface area contributed by atoms with Gasteiger partial charge in [0.05, 0.1) is 10.9 Å². The lowest BCUT2D eigenvalue weighted by atomic mass is 9.98. The quantitative estimate of drug-likeness (QED) is 0.753. The molecule has 2 aromatic carbocycles. The number of hydrogen-bond donors (Lipinski definition) is 1. The van der Waals surface area contributed by atoms with Crippen LogP contribution >= 0.6 is 0 Å². The molecule has 26 heavy (non-hydrogen) atoms. The fourth-order valence-corrected chi connectivity index (χ4v) is 3.35. The Morgan fingerprint density at radius 3 is 2.65 bits per heavy atom. The summed E-state index contributed by atoms with van der Waals surface area (Å²) in [6.45, 7) is 4.16. The smallest absolute Gasteiger partial charge is 0.231 e. The molecule has 1 aliphatic rings. The first kappa shape index (κ1) is 16.5. The Morgan fingerprint density at radius 2 is 1.88 bits per heavy atom. The Labute approximate surface area is 150 Å². The van der Waals surface area contributed by atoms with Crippen LogP contribution in [0.25, 0.3) is 22.1 Å². The summed E-state index contributed by atoms with van der Waals surface area (Å²) in [6.07, 6.45) is 2.10. The van der Waals surface area contributed by atoms with Gasteiger partial charge in [-0.3, -0.25) is 4.79 Å². The van der Waals surface area contributed by atoms with Crippen molar-refractivity contribution in [2.75, 3.05) is 6.79 Å². The third-order valence-corrected chi connectivity index (χ3v) is 4.68. The molecule has 0 saturated carbocycles. The topological polar surface area (TPSA) is 68.9 Å². The maximum Gasteiger partial charge on any atom is 0.231 e. The minimum absolute atomic E-state index is 0.0942. The lowest BCUT2D eigenvalue weighted by Gasteiger charge is -2.12. The van der Waals surface area contributed by atoms with Crippen LogP contribution in [-0.4, -0.2) is 11.9 Å². The van der Waals surface area contributed by atoms with Crippen LogP contribution in [-0.2, 0) is 12.8 Å². The van der Waals surface area contributed by atoms with Crippen molar-refractivity contribution < 1.29 is 19.0 Å². The first-order chi connectivity index (χ1) is 12.6. The van der Waals surface area contributed by atoms with E-state index in [9.17, 15) is 9.90 Å². The van der Waals surface area contributed by atoms with E-state index in [0.29, 0.717) is 46.6 Å².